The third-order valence-corrected chi connectivity index (χ3v) is 5.57. The number of sulfonamides is 1. The highest BCUT2D eigenvalue weighted by atomic mass is 32.2. The fourth-order valence-electron chi connectivity index (χ4n) is 3.30. The van der Waals surface area contributed by atoms with Crippen molar-refractivity contribution in [2.24, 2.45) is 5.14 Å². The Balaban J connectivity index is 2.02. The van der Waals surface area contributed by atoms with Gasteiger partial charge in [0.1, 0.15) is 5.69 Å². The van der Waals surface area contributed by atoms with Crippen molar-refractivity contribution in [3.8, 4) is 28.1 Å². The number of hydrogen-bond acceptors (Lipinski definition) is 3. The number of halogens is 2. The number of nitrogens with two attached hydrogens (primary N) is 1. The van der Waals surface area contributed by atoms with Crippen LogP contribution in [0.4, 0.5) is 8.78 Å². The van der Waals surface area contributed by atoms with Crippen LogP contribution >= 0.6 is 0 Å². The molecule has 1 heterocycles. The highest BCUT2D eigenvalue weighted by Gasteiger charge is 2.26. The molecule has 152 valence electrons. The molecule has 0 aliphatic heterocycles. The first-order valence-corrected chi connectivity index (χ1v) is 10.6. The van der Waals surface area contributed by atoms with Crippen molar-refractivity contribution in [1.29, 1.82) is 0 Å². The van der Waals surface area contributed by atoms with Gasteiger partial charge in [0.25, 0.3) is 6.43 Å². The molecule has 0 aliphatic rings. The Morgan fingerprint density at radius 2 is 1.33 bits per heavy atom. The summed E-state index contributed by atoms with van der Waals surface area (Å²) in [5.74, 6) is 0. The highest BCUT2D eigenvalue weighted by molar-refractivity contribution is 7.89. The molecule has 0 fully saturated rings. The van der Waals surface area contributed by atoms with Crippen molar-refractivity contribution in [1.82, 2.24) is 9.78 Å². The van der Waals surface area contributed by atoms with E-state index in [4.69, 9.17) is 5.14 Å². The maximum atomic E-state index is 14.0. The van der Waals surface area contributed by atoms with Crippen LogP contribution in [0, 0.1) is 0 Å². The highest BCUT2D eigenvalue weighted by Crippen LogP contribution is 2.40. The van der Waals surface area contributed by atoms with E-state index in [2.05, 4.69) is 5.10 Å². The number of primary sulfonamides is 1. The molecule has 4 rings (SSSR count). The number of hydrogen-bond donors (Lipinski definition) is 1. The maximum Gasteiger partial charge on any atom is 0.282 e. The number of rotatable bonds is 5. The molecule has 3 aromatic carbocycles. The molecule has 0 spiro atoms. The summed E-state index contributed by atoms with van der Waals surface area (Å²) < 4.78 is 52.5. The van der Waals surface area contributed by atoms with Crippen LogP contribution in [0.15, 0.2) is 89.8 Å². The number of alkyl halides is 2. The molecule has 30 heavy (non-hydrogen) atoms. The lowest BCUT2D eigenvalue weighted by Gasteiger charge is -2.11. The number of nitrogens with zero attached hydrogens (tertiary/aromatic N) is 2. The summed E-state index contributed by atoms with van der Waals surface area (Å²) in [4.78, 5) is -0.0722. The Hall–Kier alpha value is -3.36. The molecule has 4 aromatic rings. The fourth-order valence-corrected chi connectivity index (χ4v) is 3.82. The zero-order valence-corrected chi connectivity index (χ0v) is 16.4. The topological polar surface area (TPSA) is 78.0 Å². The zero-order valence-electron chi connectivity index (χ0n) is 15.6. The molecule has 0 bridgehead atoms. The SMILES string of the molecule is NS(=O)(=O)c1ccc(-n2nc(C(F)F)c(-c3ccccc3)c2-c2ccccc2)cc1. The Bertz CT molecular complexity index is 1270. The van der Waals surface area contributed by atoms with Crippen LogP contribution in [-0.4, -0.2) is 18.2 Å². The second kappa shape index (κ2) is 7.81. The van der Waals surface area contributed by atoms with Gasteiger partial charge in [-0.15, -0.1) is 0 Å². The molecule has 5 nitrogen and oxygen atoms in total. The second-order valence-electron chi connectivity index (χ2n) is 6.59. The van der Waals surface area contributed by atoms with E-state index in [1.54, 1.807) is 24.3 Å². The summed E-state index contributed by atoms with van der Waals surface area (Å²) in [7, 11) is -3.87. The smallest absolute Gasteiger partial charge is 0.232 e. The lowest BCUT2D eigenvalue weighted by molar-refractivity contribution is 0.146. The third-order valence-electron chi connectivity index (χ3n) is 4.64. The lowest BCUT2D eigenvalue weighted by atomic mass is 9.98. The minimum absolute atomic E-state index is 0.0722. The summed E-state index contributed by atoms with van der Waals surface area (Å²) in [6.45, 7) is 0. The van der Waals surface area contributed by atoms with Crippen molar-refractivity contribution in [2.45, 2.75) is 11.3 Å². The van der Waals surface area contributed by atoms with Crippen LogP contribution in [0.25, 0.3) is 28.1 Å². The van der Waals surface area contributed by atoms with Crippen molar-refractivity contribution in [3.63, 3.8) is 0 Å². The van der Waals surface area contributed by atoms with Gasteiger partial charge in [0, 0.05) is 11.1 Å². The van der Waals surface area contributed by atoms with Gasteiger partial charge in [0.15, 0.2) is 0 Å². The van der Waals surface area contributed by atoms with Crippen molar-refractivity contribution in [2.75, 3.05) is 0 Å². The summed E-state index contributed by atoms with van der Waals surface area (Å²) in [6.07, 6.45) is -2.80. The maximum absolute atomic E-state index is 14.0. The monoisotopic (exact) mass is 425 g/mol. The van der Waals surface area contributed by atoms with Gasteiger partial charge in [-0.1, -0.05) is 60.7 Å². The third kappa shape index (κ3) is 3.74. The van der Waals surface area contributed by atoms with Crippen molar-refractivity contribution < 1.29 is 17.2 Å². The minimum Gasteiger partial charge on any atom is -0.232 e. The normalized spacial score (nSPS) is 11.7. The Morgan fingerprint density at radius 3 is 1.83 bits per heavy atom. The van der Waals surface area contributed by atoms with E-state index in [-0.39, 0.29) is 10.6 Å². The first kappa shape index (κ1) is 19.9. The molecule has 0 amide bonds. The lowest BCUT2D eigenvalue weighted by Crippen LogP contribution is -2.12. The van der Waals surface area contributed by atoms with Gasteiger partial charge in [0.2, 0.25) is 10.0 Å². The van der Waals surface area contributed by atoms with Crippen molar-refractivity contribution >= 4 is 10.0 Å². The molecule has 0 saturated heterocycles. The van der Waals surface area contributed by atoms with E-state index in [1.165, 1.54) is 28.9 Å². The molecule has 8 heteroatoms. The standard InChI is InChI=1S/C22H17F2N3O2S/c23-22(24)20-19(15-7-3-1-4-8-15)21(16-9-5-2-6-10-16)27(26-20)17-11-13-18(14-12-17)30(25,28)29/h1-14,22H,(H2,25,28,29). The molecular formula is C22H17F2N3O2S. The molecule has 1 aromatic heterocycles. The molecule has 0 aliphatic carbocycles. The van der Waals surface area contributed by atoms with E-state index >= 15 is 0 Å². The number of benzene rings is 3. The predicted octanol–water partition coefficient (Wildman–Crippen LogP) is 4.79. The van der Waals surface area contributed by atoms with Crippen LogP contribution < -0.4 is 5.14 Å². The van der Waals surface area contributed by atoms with Crippen LogP contribution in [-0.2, 0) is 10.0 Å². The Morgan fingerprint density at radius 1 is 0.800 bits per heavy atom. The second-order valence-corrected chi connectivity index (χ2v) is 8.15. The quantitative estimate of drug-likeness (QED) is 0.499. The summed E-state index contributed by atoms with van der Waals surface area (Å²) in [6, 6.07) is 23.6. The van der Waals surface area contributed by atoms with E-state index in [0.717, 1.165) is 0 Å². The zero-order chi connectivity index (χ0) is 21.3. The first-order chi connectivity index (χ1) is 14.4. The average molecular weight is 425 g/mol. The van der Waals surface area contributed by atoms with E-state index in [9.17, 15) is 17.2 Å². The van der Waals surface area contributed by atoms with Gasteiger partial charge >= 0.3 is 0 Å². The summed E-state index contributed by atoms with van der Waals surface area (Å²) >= 11 is 0. The van der Waals surface area contributed by atoms with Crippen LogP contribution in [0.5, 0.6) is 0 Å². The van der Waals surface area contributed by atoms with E-state index < -0.39 is 16.4 Å². The summed E-state index contributed by atoms with van der Waals surface area (Å²) in [5, 5.41) is 9.37. The predicted molar refractivity (Wildman–Crippen MR) is 111 cm³/mol. The Labute approximate surface area is 172 Å². The molecule has 0 atom stereocenters. The van der Waals surface area contributed by atoms with E-state index in [0.29, 0.717) is 28.1 Å². The Kier molecular flexibility index (Phi) is 5.19. The van der Waals surface area contributed by atoms with Crippen LogP contribution in [0.1, 0.15) is 12.1 Å². The van der Waals surface area contributed by atoms with E-state index in [1.807, 2.05) is 36.4 Å². The molecular weight excluding hydrogens is 408 g/mol. The number of aromatic nitrogens is 2. The van der Waals surface area contributed by atoms with Gasteiger partial charge in [-0.25, -0.2) is 27.0 Å². The van der Waals surface area contributed by atoms with Gasteiger partial charge in [0.05, 0.1) is 16.3 Å². The molecule has 0 saturated carbocycles. The molecule has 0 unspecified atom stereocenters. The molecule has 2 N–H and O–H groups in total. The van der Waals surface area contributed by atoms with Gasteiger partial charge in [-0.05, 0) is 29.8 Å². The van der Waals surface area contributed by atoms with Gasteiger partial charge in [-0.2, -0.15) is 5.10 Å². The largest absolute Gasteiger partial charge is 0.282 e. The van der Waals surface area contributed by atoms with Gasteiger partial charge < -0.3 is 0 Å². The van der Waals surface area contributed by atoms with Crippen molar-refractivity contribution in [3.05, 3.63) is 90.6 Å². The molecule has 0 radical (unpaired) electrons. The summed E-state index contributed by atoms with van der Waals surface area (Å²) in [5.41, 5.74) is 2.21. The fraction of sp³-hybridized carbons (Fsp3) is 0.0455. The van der Waals surface area contributed by atoms with Gasteiger partial charge in [-0.3, -0.25) is 0 Å². The average Bonchev–Trinajstić information content (AvgIpc) is 3.15. The van der Waals surface area contributed by atoms with Crippen LogP contribution in [0.3, 0.4) is 0 Å². The van der Waals surface area contributed by atoms with Crippen LogP contribution in [0.2, 0.25) is 0 Å². The first-order valence-electron chi connectivity index (χ1n) is 9.01. The minimum atomic E-state index is -3.87.